The highest BCUT2D eigenvalue weighted by Crippen LogP contribution is 2.20. The van der Waals surface area contributed by atoms with E-state index in [2.05, 4.69) is 0 Å². The minimum atomic E-state index is -0.971. The molecule has 0 aliphatic carbocycles. The zero-order chi connectivity index (χ0) is 11.4. The number of benzene rings is 1. The molecule has 15 heavy (non-hydrogen) atoms. The molecule has 3 heteroatoms. The van der Waals surface area contributed by atoms with Crippen LogP contribution in [0, 0.1) is 5.92 Å². The van der Waals surface area contributed by atoms with Crippen LogP contribution in [-0.4, -0.2) is 24.1 Å². The SMILES string of the molecule is COc1ccccc1C(=O)C(O)C(C)C. The van der Waals surface area contributed by atoms with Gasteiger partial charge in [0.2, 0.25) is 0 Å². The van der Waals surface area contributed by atoms with Gasteiger partial charge in [0.1, 0.15) is 11.9 Å². The molecule has 0 fully saturated rings. The second kappa shape index (κ2) is 4.94. The predicted molar refractivity (Wildman–Crippen MR) is 58.2 cm³/mol. The van der Waals surface area contributed by atoms with Gasteiger partial charge in [-0.15, -0.1) is 0 Å². The predicted octanol–water partition coefficient (Wildman–Crippen LogP) is 1.89. The van der Waals surface area contributed by atoms with Gasteiger partial charge in [0, 0.05) is 0 Å². The number of hydrogen-bond acceptors (Lipinski definition) is 3. The number of hydrogen-bond donors (Lipinski definition) is 1. The van der Waals surface area contributed by atoms with E-state index in [1.807, 2.05) is 0 Å². The number of carbonyl (C=O) groups is 1. The van der Waals surface area contributed by atoms with E-state index in [9.17, 15) is 9.90 Å². The van der Waals surface area contributed by atoms with Gasteiger partial charge in [-0.05, 0) is 18.1 Å². The van der Waals surface area contributed by atoms with E-state index in [1.165, 1.54) is 7.11 Å². The van der Waals surface area contributed by atoms with Gasteiger partial charge in [-0.2, -0.15) is 0 Å². The van der Waals surface area contributed by atoms with Crippen molar-refractivity contribution in [3.63, 3.8) is 0 Å². The number of ether oxygens (including phenoxy) is 1. The molecule has 1 aromatic rings. The van der Waals surface area contributed by atoms with Crippen LogP contribution < -0.4 is 4.74 Å². The number of aliphatic hydroxyl groups is 1. The fourth-order valence-electron chi connectivity index (χ4n) is 1.31. The zero-order valence-electron chi connectivity index (χ0n) is 9.23. The van der Waals surface area contributed by atoms with Crippen LogP contribution in [0.25, 0.3) is 0 Å². The van der Waals surface area contributed by atoms with Crippen molar-refractivity contribution in [1.82, 2.24) is 0 Å². The van der Waals surface area contributed by atoms with Gasteiger partial charge in [0.15, 0.2) is 5.78 Å². The van der Waals surface area contributed by atoms with Crippen molar-refractivity contribution >= 4 is 5.78 Å². The monoisotopic (exact) mass is 208 g/mol. The van der Waals surface area contributed by atoms with Gasteiger partial charge in [0.05, 0.1) is 12.7 Å². The molecule has 1 aromatic carbocycles. The summed E-state index contributed by atoms with van der Waals surface area (Å²) in [5.74, 6) is 0.118. The van der Waals surface area contributed by atoms with Crippen molar-refractivity contribution in [3.8, 4) is 5.75 Å². The number of rotatable bonds is 4. The summed E-state index contributed by atoms with van der Waals surface area (Å²) in [5, 5.41) is 9.66. The smallest absolute Gasteiger partial charge is 0.195 e. The van der Waals surface area contributed by atoms with E-state index in [1.54, 1.807) is 38.1 Å². The third-order valence-corrected chi connectivity index (χ3v) is 2.27. The first kappa shape index (κ1) is 11.7. The quantitative estimate of drug-likeness (QED) is 0.769. The van der Waals surface area contributed by atoms with Crippen LogP contribution in [0.5, 0.6) is 5.75 Å². The lowest BCUT2D eigenvalue weighted by atomic mass is 9.97. The molecule has 0 aliphatic heterocycles. The van der Waals surface area contributed by atoms with Gasteiger partial charge in [-0.3, -0.25) is 4.79 Å². The molecule has 0 heterocycles. The van der Waals surface area contributed by atoms with Crippen molar-refractivity contribution in [2.24, 2.45) is 5.92 Å². The topological polar surface area (TPSA) is 46.5 Å². The number of methoxy groups -OCH3 is 1. The van der Waals surface area contributed by atoms with E-state index < -0.39 is 6.10 Å². The number of ketones is 1. The van der Waals surface area contributed by atoms with E-state index in [4.69, 9.17) is 4.74 Å². The van der Waals surface area contributed by atoms with Crippen LogP contribution in [0.1, 0.15) is 24.2 Å². The molecule has 3 nitrogen and oxygen atoms in total. The molecule has 1 atom stereocenters. The maximum Gasteiger partial charge on any atom is 0.195 e. The Morgan fingerprint density at radius 3 is 2.47 bits per heavy atom. The second-order valence-corrected chi connectivity index (χ2v) is 3.75. The third-order valence-electron chi connectivity index (χ3n) is 2.27. The molecular weight excluding hydrogens is 192 g/mol. The van der Waals surface area contributed by atoms with Crippen LogP contribution in [0.4, 0.5) is 0 Å². The van der Waals surface area contributed by atoms with Gasteiger partial charge < -0.3 is 9.84 Å². The molecule has 0 amide bonds. The van der Waals surface area contributed by atoms with E-state index in [0.717, 1.165) is 0 Å². The van der Waals surface area contributed by atoms with Gasteiger partial charge in [0.25, 0.3) is 0 Å². The van der Waals surface area contributed by atoms with E-state index >= 15 is 0 Å². The first-order valence-corrected chi connectivity index (χ1v) is 4.93. The fourth-order valence-corrected chi connectivity index (χ4v) is 1.31. The summed E-state index contributed by atoms with van der Waals surface area (Å²) >= 11 is 0. The highest BCUT2D eigenvalue weighted by molar-refractivity contribution is 6.01. The first-order valence-electron chi connectivity index (χ1n) is 4.93. The van der Waals surface area contributed by atoms with Crippen LogP contribution >= 0.6 is 0 Å². The molecule has 1 rings (SSSR count). The summed E-state index contributed by atoms with van der Waals surface area (Å²) in [7, 11) is 1.51. The van der Waals surface area contributed by atoms with Crippen LogP contribution in [0.15, 0.2) is 24.3 Å². The van der Waals surface area contributed by atoms with Crippen molar-refractivity contribution in [3.05, 3.63) is 29.8 Å². The average Bonchev–Trinajstić information content (AvgIpc) is 2.26. The Morgan fingerprint density at radius 1 is 1.33 bits per heavy atom. The summed E-state index contributed by atoms with van der Waals surface area (Å²) in [4.78, 5) is 11.8. The zero-order valence-corrected chi connectivity index (χ0v) is 9.23. The number of aliphatic hydroxyl groups excluding tert-OH is 1. The third kappa shape index (κ3) is 2.57. The number of para-hydroxylation sites is 1. The van der Waals surface area contributed by atoms with E-state index in [0.29, 0.717) is 11.3 Å². The lowest BCUT2D eigenvalue weighted by Crippen LogP contribution is -2.26. The van der Waals surface area contributed by atoms with Crippen LogP contribution in [0.3, 0.4) is 0 Å². The number of carbonyl (C=O) groups excluding carboxylic acids is 1. The normalized spacial score (nSPS) is 12.6. The summed E-state index contributed by atoms with van der Waals surface area (Å²) < 4.78 is 5.06. The molecule has 0 spiro atoms. The summed E-state index contributed by atoms with van der Waals surface area (Å²) in [6, 6.07) is 6.91. The molecule has 82 valence electrons. The first-order chi connectivity index (χ1) is 7.07. The summed E-state index contributed by atoms with van der Waals surface area (Å²) in [6.45, 7) is 3.61. The number of Topliss-reactive ketones (excluding diaryl/α,β-unsaturated/α-hetero) is 1. The maximum atomic E-state index is 11.8. The minimum Gasteiger partial charge on any atom is -0.496 e. The molecule has 1 N–H and O–H groups in total. The highest BCUT2D eigenvalue weighted by atomic mass is 16.5. The minimum absolute atomic E-state index is 0.0950. The van der Waals surface area contributed by atoms with Gasteiger partial charge >= 0.3 is 0 Å². The van der Waals surface area contributed by atoms with Crippen molar-refractivity contribution < 1.29 is 14.6 Å². The Bertz CT molecular complexity index is 344. The molecular formula is C12H16O3. The Morgan fingerprint density at radius 2 is 1.93 bits per heavy atom. The molecule has 0 radical (unpaired) electrons. The van der Waals surface area contributed by atoms with Crippen molar-refractivity contribution in [2.75, 3.05) is 7.11 Å². The molecule has 0 saturated carbocycles. The lowest BCUT2D eigenvalue weighted by Gasteiger charge is -2.14. The standard InChI is InChI=1S/C12H16O3/c1-8(2)11(13)12(14)9-6-4-5-7-10(9)15-3/h4-8,11,13H,1-3H3. The Kier molecular flexibility index (Phi) is 3.86. The van der Waals surface area contributed by atoms with E-state index in [-0.39, 0.29) is 11.7 Å². The Labute approximate surface area is 89.7 Å². The lowest BCUT2D eigenvalue weighted by molar-refractivity contribution is 0.0645. The van der Waals surface area contributed by atoms with Crippen molar-refractivity contribution in [2.45, 2.75) is 20.0 Å². The molecule has 0 bridgehead atoms. The van der Waals surface area contributed by atoms with Crippen molar-refractivity contribution in [1.29, 1.82) is 0 Å². The summed E-state index contributed by atoms with van der Waals surface area (Å²) in [5.41, 5.74) is 0.432. The second-order valence-electron chi connectivity index (χ2n) is 3.75. The largest absolute Gasteiger partial charge is 0.496 e. The van der Waals surface area contributed by atoms with Gasteiger partial charge in [-0.25, -0.2) is 0 Å². The maximum absolute atomic E-state index is 11.8. The average molecular weight is 208 g/mol. The Hall–Kier alpha value is -1.35. The highest BCUT2D eigenvalue weighted by Gasteiger charge is 2.22. The van der Waals surface area contributed by atoms with Gasteiger partial charge in [-0.1, -0.05) is 26.0 Å². The molecule has 0 saturated heterocycles. The molecule has 0 aromatic heterocycles. The Balaban J connectivity index is 3.00. The molecule has 0 aliphatic rings. The fraction of sp³-hybridized carbons (Fsp3) is 0.417. The summed E-state index contributed by atoms with van der Waals surface area (Å²) in [6.07, 6.45) is -0.971. The van der Waals surface area contributed by atoms with Crippen LogP contribution in [-0.2, 0) is 0 Å². The van der Waals surface area contributed by atoms with Crippen LogP contribution in [0.2, 0.25) is 0 Å². The molecule has 1 unspecified atom stereocenters.